The van der Waals surface area contributed by atoms with E-state index in [2.05, 4.69) is 46.6 Å². The summed E-state index contributed by atoms with van der Waals surface area (Å²) in [4.78, 5) is 37.1. The van der Waals surface area contributed by atoms with Crippen molar-refractivity contribution in [2.45, 2.75) is 82.8 Å². The molecule has 0 spiro atoms. The maximum Gasteiger partial charge on any atom is 0.320 e. The van der Waals surface area contributed by atoms with Gasteiger partial charge < -0.3 is 20.3 Å². The lowest BCUT2D eigenvalue weighted by Gasteiger charge is -2.32. The minimum absolute atomic E-state index is 0.0227. The van der Waals surface area contributed by atoms with E-state index in [4.69, 9.17) is 4.74 Å². The third kappa shape index (κ3) is 7.54. The van der Waals surface area contributed by atoms with Gasteiger partial charge in [0, 0.05) is 30.5 Å². The van der Waals surface area contributed by atoms with Gasteiger partial charge in [-0.25, -0.2) is 14.8 Å². The summed E-state index contributed by atoms with van der Waals surface area (Å²) in [6, 6.07) is 13.1. The van der Waals surface area contributed by atoms with Gasteiger partial charge in [0.05, 0.1) is 17.9 Å². The van der Waals surface area contributed by atoms with Crippen LogP contribution < -0.4 is 20.7 Å². The molecule has 1 aromatic carbocycles. The van der Waals surface area contributed by atoms with Crippen LogP contribution in [0.15, 0.2) is 48.7 Å². The number of amides is 3. The van der Waals surface area contributed by atoms with Crippen LogP contribution in [0.1, 0.15) is 111 Å². The Balaban J connectivity index is 1.15. The van der Waals surface area contributed by atoms with Gasteiger partial charge in [-0.3, -0.25) is 14.5 Å². The van der Waals surface area contributed by atoms with Gasteiger partial charge in [-0.2, -0.15) is 0 Å². The molecular formula is C35H45N9O3. The Hall–Kier alpha value is -4.58. The highest BCUT2D eigenvalue weighted by Gasteiger charge is 2.30. The van der Waals surface area contributed by atoms with Crippen LogP contribution in [-0.2, 0) is 5.41 Å². The van der Waals surface area contributed by atoms with Gasteiger partial charge >= 0.3 is 6.03 Å². The normalized spacial score (nSPS) is 18.3. The predicted octanol–water partition coefficient (Wildman–Crippen LogP) is 5.54. The van der Waals surface area contributed by atoms with Gasteiger partial charge in [-0.05, 0) is 63.0 Å². The molecule has 2 aliphatic carbocycles. The summed E-state index contributed by atoms with van der Waals surface area (Å²) in [5.74, 6) is 2.12. The Morgan fingerprint density at radius 3 is 2.49 bits per heavy atom. The summed E-state index contributed by atoms with van der Waals surface area (Å²) < 4.78 is 8.66. The largest absolute Gasteiger partial charge is 0.484 e. The van der Waals surface area contributed by atoms with Crippen LogP contribution >= 0.6 is 0 Å². The summed E-state index contributed by atoms with van der Waals surface area (Å²) in [6.45, 7) is 7.16. The van der Waals surface area contributed by atoms with Gasteiger partial charge in [0.25, 0.3) is 5.91 Å². The Morgan fingerprint density at radius 1 is 0.979 bits per heavy atom. The molecule has 0 radical (unpaired) electrons. The zero-order valence-corrected chi connectivity index (χ0v) is 27.9. The van der Waals surface area contributed by atoms with Crippen LogP contribution in [0.25, 0.3) is 5.65 Å². The van der Waals surface area contributed by atoms with Crippen LogP contribution in [0, 0.1) is 0 Å². The van der Waals surface area contributed by atoms with Gasteiger partial charge in [-0.1, -0.05) is 57.9 Å². The van der Waals surface area contributed by atoms with Crippen LogP contribution in [0.4, 0.5) is 10.6 Å². The Bertz CT molecular complexity index is 1740. The van der Waals surface area contributed by atoms with Crippen molar-refractivity contribution < 1.29 is 14.3 Å². The SMILES string of the molecule is CN(C)CCNC(=O)c1nc(NC(=O)N[C@H]2CC[C@@H](Oc3ccc4nnc(C5CCCC5)n4c3)c3ccccc32)cc(C(C)(C)C)n1. The van der Waals surface area contributed by atoms with E-state index in [-0.39, 0.29) is 35.1 Å². The molecule has 3 heterocycles. The first-order valence-corrected chi connectivity index (χ1v) is 16.6. The molecular weight excluding hydrogens is 594 g/mol. The van der Waals surface area contributed by atoms with E-state index in [1.54, 1.807) is 6.07 Å². The molecule has 248 valence electrons. The van der Waals surface area contributed by atoms with Crippen molar-refractivity contribution in [3.63, 3.8) is 0 Å². The highest BCUT2D eigenvalue weighted by Crippen LogP contribution is 2.39. The minimum Gasteiger partial charge on any atom is -0.484 e. The fourth-order valence-electron chi connectivity index (χ4n) is 6.39. The number of urea groups is 1. The van der Waals surface area contributed by atoms with Crippen molar-refractivity contribution in [3.05, 3.63) is 77.1 Å². The fourth-order valence-corrected chi connectivity index (χ4v) is 6.39. The maximum atomic E-state index is 13.4. The average Bonchev–Trinajstić information content (AvgIpc) is 3.71. The molecule has 3 N–H and O–H groups in total. The number of pyridine rings is 1. The first-order valence-electron chi connectivity index (χ1n) is 16.6. The number of nitrogens with zero attached hydrogens (tertiary/aromatic N) is 6. The molecule has 6 rings (SSSR count). The number of rotatable bonds is 9. The average molecular weight is 640 g/mol. The number of likely N-dealkylation sites (N-methyl/N-ethyl adjacent to an activating group) is 1. The van der Waals surface area contributed by atoms with E-state index in [0.29, 0.717) is 31.1 Å². The van der Waals surface area contributed by atoms with Gasteiger partial charge in [0.1, 0.15) is 23.5 Å². The second-order valence-electron chi connectivity index (χ2n) is 13.9. The molecule has 12 heteroatoms. The van der Waals surface area contributed by atoms with Gasteiger partial charge in [0.2, 0.25) is 5.82 Å². The van der Waals surface area contributed by atoms with Crippen molar-refractivity contribution in [1.29, 1.82) is 0 Å². The molecule has 0 unspecified atom stereocenters. The van der Waals surface area contributed by atoms with Crippen LogP contribution in [0.5, 0.6) is 5.75 Å². The molecule has 4 aromatic rings. The molecule has 12 nitrogen and oxygen atoms in total. The van der Waals surface area contributed by atoms with Crippen molar-refractivity contribution in [2.75, 3.05) is 32.5 Å². The maximum absolute atomic E-state index is 13.4. The lowest BCUT2D eigenvalue weighted by atomic mass is 9.85. The molecule has 0 bridgehead atoms. The molecule has 2 atom stereocenters. The standard InChI is InChI=1S/C35H45N9O3/c1-35(2,3)28-20-29(39-31(38-28)33(45)36-18-19-43(4)5)40-34(46)37-26-15-16-27(25-13-9-8-12-24(25)26)47-23-14-17-30-41-42-32(44(30)21-23)22-10-6-7-11-22/h8-9,12-14,17,20-22,26-27H,6-7,10-11,15-16,18-19H2,1-5H3,(H,36,45)(H2,37,38,39,40,46)/t26-,27+/m0/s1. The van der Waals surface area contributed by atoms with E-state index in [0.717, 1.165) is 47.6 Å². The monoisotopic (exact) mass is 639 g/mol. The van der Waals surface area contributed by atoms with E-state index in [1.807, 2.05) is 76.3 Å². The first kappa shape index (κ1) is 32.4. The number of benzene rings is 1. The smallest absolute Gasteiger partial charge is 0.320 e. The summed E-state index contributed by atoms with van der Waals surface area (Å²) in [6.07, 6.45) is 8.00. The lowest BCUT2D eigenvalue weighted by Crippen LogP contribution is -2.36. The summed E-state index contributed by atoms with van der Waals surface area (Å²) in [5, 5.41) is 17.7. The Morgan fingerprint density at radius 2 is 1.74 bits per heavy atom. The van der Waals surface area contributed by atoms with Gasteiger partial charge in [0.15, 0.2) is 5.65 Å². The number of ether oxygens (including phenoxy) is 1. The second kappa shape index (κ2) is 13.6. The number of anilines is 1. The molecule has 3 aromatic heterocycles. The molecule has 2 aliphatic rings. The van der Waals surface area contributed by atoms with Crippen LogP contribution in [0.3, 0.4) is 0 Å². The van der Waals surface area contributed by atoms with Crippen LogP contribution in [0.2, 0.25) is 0 Å². The van der Waals surface area contributed by atoms with E-state index in [9.17, 15) is 9.59 Å². The second-order valence-corrected chi connectivity index (χ2v) is 13.9. The van der Waals surface area contributed by atoms with Gasteiger partial charge in [-0.15, -0.1) is 10.2 Å². The molecule has 1 fully saturated rings. The van der Waals surface area contributed by atoms with E-state index in [1.165, 1.54) is 12.8 Å². The number of fused-ring (bicyclic) bond motifs is 2. The summed E-state index contributed by atoms with van der Waals surface area (Å²) in [5.41, 5.74) is 3.17. The zero-order valence-electron chi connectivity index (χ0n) is 27.9. The number of hydrogen-bond donors (Lipinski definition) is 3. The number of aromatic nitrogens is 5. The topological polar surface area (TPSA) is 139 Å². The van der Waals surface area contributed by atoms with Crippen LogP contribution in [-0.4, -0.2) is 68.6 Å². The predicted molar refractivity (Wildman–Crippen MR) is 180 cm³/mol. The molecule has 1 saturated carbocycles. The van der Waals surface area contributed by atoms with E-state index < -0.39 is 6.03 Å². The fraction of sp³-hybridized carbons (Fsp3) is 0.486. The third-order valence-corrected chi connectivity index (χ3v) is 8.93. The highest BCUT2D eigenvalue weighted by atomic mass is 16.5. The molecule has 47 heavy (non-hydrogen) atoms. The first-order chi connectivity index (χ1) is 22.5. The van der Waals surface area contributed by atoms with Crippen molar-refractivity contribution in [3.8, 4) is 5.75 Å². The third-order valence-electron chi connectivity index (χ3n) is 8.93. The lowest BCUT2D eigenvalue weighted by molar-refractivity contribution is 0.0940. The zero-order chi connectivity index (χ0) is 33.1. The minimum atomic E-state index is -0.404. The molecule has 0 aliphatic heterocycles. The molecule has 3 amide bonds. The van der Waals surface area contributed by atoms with Crippen molar-refractivity contribution >= 4 is 23.4 Å². The number of hydrogen-bond acceptors (Lipinski definition) is 8. The number of nitrogens with one attached hydrogen (secondary N) is 3. The quantitative estimate of drug-likeness (QED) is 0.217. The Kier molecular flexibility index (Phi) is 9.40. The summed E-state index contributed by atoms with van der Waals surface area (Å²) in [7, 11) is 3.88. The van der Waals surface area contributed by atoms with Crippen molar-refractivity contribution in [1.82, 2.24) is 40.1 Å². The Labute approximate surface area is 275 Å². The molecule has 0 saturated heterocycles. The number of carbonyl (C=O) groups excluding carboxylic acids is 2. The number of carbonyl (C=O) groups is 2. The van der Waals surface area contributed by atoms with E-state index >= 15 is 0 Å². The summed E-state index contributed by atoms with van der Waals surface area (Å²) >= 11 is 0. The van der Waals surface area contributed by atoms with Crippen molar-refractivity contribution in [2.24, 2.45) is 0 Å². The highest BCUT2D eigenvalue weighted by molar-refractivity contribution is 5.92.